The summed E-state index contributed by atoms with van der Waals surface area (Å²) in [5.41, 5.74) is 0.640. The van der Waals surface area contributed by atoms with E-state index in [0.717, 1.165) is 16.5 Å². The van der Waals surface area contributed by atoms with Crippen molar-refractivity contribution in [1.29, 1.82) is 0 Å². The zero-order valence-corrected chi connectivity index (χ0v) is 11.6. The highest BCUT2D eigenvalue weighted by Crippen LogP contribution is 2.23. The Hall–Kier alpha value is -0.380. The molecule has 90 valence electrons. The molecule has 1 rings (SSSR count). The van der Waals surface area contributed by atoms with E-state index in [1.165, 1.54) is 0 Å². The molecule has 2 nitrogen and oxygen atoms in total. The number of hydrogen-bond acceptors (Lipinski definition) is 2. The van der Waals surface area contributed by atoms with Crippen molar-refractivity contribution in [3.8, 4) is 0 Å². The largest absolute Gasteiger partial charge is 0.390 e. The normalized spacial score (nSPS) is 16.8. The number of aliphatic hydroxyl groups is 1. The molecule has 1 N–H and O–H groups in total. The van der Waals surface area contributed by atoms with Gasteiger partial charge in [-0.1, -0.05) is 35.0 Å². The van der Waals surface area contributed by atoms with Gasteiger partial charge >= 0.3 is 0 Å². The molecule has 0 fully saturated rings. The number of rotatable bonds is 5. The first-order valence-corrected chi connectivity index (χ1v) is 6.29. The maximum absolute atomic E-state index is 10.2. The minimum absolute atomic E-state index is 0.470. The molecule has 0 radical (unpaired) electrons. The van der Waals surface area contributed by atoms with Crippen LogP contribution in [0.15, 0.2) is 28.7 Å². The van der Waals surface area contributed by atoms with E-state index in [2.05, 4.69) is 15.9 Å². The zero-order chi connectivity index (χ0) is 12.2. The number of methoxy groups -OCH3 is 1. The predicted octanol–water partition coefficient (Wildman–Crippen LogP) is 3.17. The Morgan fingerprint density at radius 3 is 2.69 bits per heavy atom. The third-order valence-corrected chi connectivity index (χ3v) is 3.68. The minimum atomic E-state index is -0.489. The van der Waals surface area contributed by atoms with Crippen molar-refractivity contribution < 1.29 is 9.84 Å². The van der Waals surface area contributed by atoms with Crippen molar-refractivity contribution in [3.05, 3.63) is 34.3 Å². The third-order valence-electron chi connectivity index (χ3n) is 3.19. The van der Waals surface area contributed by atoms with Crippen LogP contribution in [0.2, 0.25) is 0 Å². The molecule has 1 aromatic rings. The number of aliphatic hydroxyl groups excluding tert-OH is 1. The van der Waals surface area contributed by atoms with Crippen molar-refractivity contribution in [2.24, 2.45) is 0 Å². The summed E-state index contributed by atoms with van der Waals surface area (Å²) in [6.45, 7) is 3.96. The summed E-state index contributed by atoms with van der Waals surface area (Å²) < 4.78 is 6.42. The van der Waals surface area contributed by atoms with Crippen molar-refractivity contribution in [2.75, 3.05) is 7.11 Å². The zero-order valence-electron chi connectivity index (χ0n) is 10.0. The van der Waals surface area contributed by atoms with Crippen LogP contribution in [-0.4, -0.2) is 23.9 Å². The van der Waals surface area contributed by atoms with Crippen molar-refractivity contribution >= 4 is 15.9 Å². The van der Waals surface area contributed by atoms with Crippen LogP contribution >= 0.6 is 15.9 Å². The molecule has 0 aliphatic rings. The van der Waals surface area contributed by atoms with Gasteiger partial charge in [-0.05, 0) is 31.0 Å². The predicted molar refractivity (Wildman–Crippen MR) is 69.6 cm³/mol. The first kappa shape index (κ1) is 13.7. The molecule has 2 atom stereocenters. The molecule has 1 aromatic carbocycles. The summed E-state index contributed by atoms with van der Waals surface area (Å²) in [7, 11) is 1.65. The molecule has 0 spiro atoms. The average Bonchev–Trinajstić information content (AvgIpc) is 2.28. The highest BCUT2D eigenvalue weighted by Gasteiger charge is 2.30. The van der Waals surface area contributed by atoms with E-state index in [1.807, 2.05) is 38.1 Å². The van der Waals surface area contributed by atoms with Crippen LogP contribution in [0.1, 0.15) is 25.8 Å². The molecule has 0 bridgehead atoms. The lowest BCUT2D eigenvalue weighted by atomic mass is 9.91. The van der Waals surface area contributed by atoms with Gasteiger partial charge in [0.2, 0.25) is 0 Å². The van der Waals surface area contributed by atoms with E-state index in [4.69, 9.17) is 4.74 Å². The van der Waals surface area contributed by atoms with Crippen LogP contribution in [0.3, 0.4) is 0 Å². The lowest BCUT2D eigenvalue weighted by molar-refractivity contribution is -0.0914. The fourth-order valence-corrected chi connectivity index (χ4v) is 2.07. The smallest absolute Gasteiger partial charge is 0.0909 e. The van der Waals surface area contributed by atoms with Crippen LogP contribution in [0.4, 0.5) is 0 Å². The number of benzene rings is 1. The van der Waals surface area contributed by atoms with Gasteiger partial charge in [0, 0.05) is 18.0 Å². The maximum Gasteiger partial charge on any atom is 0.0909 e. The quantitative estimate of drug-likeness (QED) is 0.901. The van der Waals surface area contributed by atoms with E-state index >= 15 is 0 Å². The van der Waals surface area contributed by atoms with Gasteiger partial charge in [-0.3, -0.25) is 0 Å². The lowest BCUT2D eigenvalue weighted by Gasteiger charge is -2.32. The maximum atomic E-state index is 10.2. The van der Waals surface area contributed by atoms with Gasteiger partial charge in [0.15, 0.2) is 0 Å². The number of ether oxygens (including phenoxy) is 1. The molecule has 0 saturated heterocycles. The van der Waals surface area contributed by atoms with Crippen LogP contribution in [0.25, 0.3) is 0 Å². The Labute approximate surface area is 106 Å². The van der Waals surface area contributed by atoms with E-state index in [-0.39, 0.29) is 0 Å². The van der Waals surface area contributed by atoms with Gasteiger partial charge in [-0.2, -0.15) is 0 Å². The summed E-state index contributed by atoms with van der Waals surface area (Å²) in [5, 5.41) is 10.2. The summed E-state index contributed by atoms with van der Waals surface area (Å²) in [6.07, 6.45) is 0.910. The second-order valence-electron chi connectivity index (χ2n) is 4.22. The van der Waals surface area contributed by atoms with Crippen LogP contribution < -0.4 is 0 Å². The second-order valence-corrected chi connectivity index (χ2v) is 5.14. The fourth-order valence-electron chi connectivity index (χ4n) is 1.62. The standard InChI is InChI=1S/C13H19BrO2/c1-4-13(2,16-3)12(15)9-10-6-5-7-11(14)8-10/h5-8,12,15H,4,9H2,1-3H3. The Bertz CT molecular complexity index is 334. The first-order chi connectivity index (χ1) is 7.51. The highest BCUT2D eigenvalue weighted by molar-refractivity contribution is 9.10. The summed E-state index contributed by atoms with van der Waals surface area (Å²) in [6, 6.07) is 7.99. The SMILES string of the molecule is CCC(C)(OC)C(O)Cc1cccc(Br)c1. The number of hydrogen-bond donors (Lipinski definition) is 1. The van der Waals surface area contributed by atoms with Gasteiger partial charge in [0.05, 0.1) is 11.7 Å². The van der Waals surface area contributed by atoms with Gasteiger partial charge < -0.3 is 9.84 Å². The Balaban J connectivity index is 2.74. The summed E-state index contributed by atoms with van der Waals surface area (Å²) >= 11 is 3.42. The first-order valence-electron chi connectivity index (χ1n) is 5.49. The molecule has 0 aliphatic heterocycles. The molecule has 0 aromatic heterocycles. The van der Waals surface area contributed by atoms with Gasteiger partial charge in [0.1, 0.15) is 0 Å². The van der Waals surface area contributed by atoms with E-state index in [0.29, 0.717) is 6.42 Å². The van der Waals surface area contributed by atoms with Crippen LogP contribution in [0, 0.1) is 0 Å². The summed E-state index contributed by atoms with van der Waals surface area (Å²) in [4.78, 5) is 0. The molecular formula is C13H19BrO2. The average molecular weight is 287 g/mol. The lowest BCUT2D eigenvalue weighted by Crippen LogP contribution is -2.42. The molecule has 0 saturated carbocycles. The topological polar surface area (TPSA) is 29.5 Å². The van der Waals surface area contributed by atoms with Crippen LogP contribution in [-0.2, 0) is 11.2 Å². The Kier molecular flexibility index (Phi) is 4.96. The number of halogens is 1. The van der Waals surface area contributed by atoms with Crippen LogP contribution in [0.5, 0.6) is 0 Å². The van der Waals surface area contributed by atoms with E-state index in [9.17, 15) is 5.11 Å². The molecule has 16 heavy (non-hydrogen) atoms. The van der Waals surface area contributed by atoms with Gasteiger partial charge in [-0.25, -0.2) is 0 Å². The molecule has 3 heteroatoms. The Morgan fingerprint density at radius 1 is 1.50 bits per heavy atom. The van der Waals surface area contributed by atoms with Crippen molar-refractivity contribution in [3.63, 3.8) is 0 Å². The molecular weight excluding hydrogens is 268 g/mol. The van der Waals surface area contributed by atoms with Crippen molar-refractivity contribution in [1.82, 2.24) is 0 Å². The fraction of sp³-hybridized carbons (Fsp3) is 0.538. The molecule has 0 amide bonds. The highest BCUT2D eigenvalue weighted by atomic mass is 79.9. The van der Waals surface area contributed by atoms with E-state index < -0.39 is 11.7 Å². The third kappa shape index (κ3) is 3.30. The van der Waals surface area contributed by atoms with Gasteiger partial charge in [-0.15, -0.1) is 0 Å². The summed E-state index contributed by atoms with van der Waals surface area (Å²) in [5.74, 6) is 0. The van der Waals surface area contributed by atoms with Gasteiger partial charge in [0.25, 0.3) is 0 Å². The minimum Gasteiger partial charge on any atom is -0.390 e. The monoisotopic (exact) mass is 286 g/mol. The molecule has 0 heterocycles. The molecule has 0 aliphatic carbocycles. The molecule has 2 unspecified atom stereocenters. The Morgan fingerprint density at radius 2 is 2.19 bits per heavy atom. The van der Waals surface area contributed by atoms with E-state index in [1.54, 1.807) is 7.11 Å². The second kappa shape index (κ2) is 5.80. The van der Waals surface area contributed by atoms with Crippen molar-refractivity contribution in [2.45, 2.75) is 38.4 Å².